The molecule has 1 aromatic carbocycles. The van der Waals surface area contributed by atoms with Crippen LogP contribution in [0.1, 0.15) is 10.4 Å². The van der Waals surface area contributed by atoms with Gasteiger partial charge in [-0.3, -0.25) is 9.59 Å². The smallest absolute Gasteiger partial charge is 0.260 e. The number of amides is 1. The Labute approximate surface area is 134 Å². The SMILES string of the molecule is NS(=O)(=O)c1cccc(NC(=O)c2csc3nc[nH]c(=O)c23)c1. The molecular formula is C13H10N4O4S2. The third-order valence-corrected chi connectivity index (χ3v) is 4.84. The first-order chi connectivity index (χ1) is 10.9. The highest BCUT2D eigenvalue weighted by Gasteiger charge is 2.16. The van der Waals surface area contributed by atoms with Crippen molar-refractivity contribution in [3.63, 3.8) is 0 Å². The Morgan fingerprint density at radius 3 is 2.87 bits per heavy atom. The summed E-state index contributed by atoms with van der Waals surface area (Å²) in [6.45, 7) is 0. The van der Waals surface area contributed by atoms with Gasteiger partial charge in [0, 0.05) is 11.1 Å². The number of H-pyrrole nitrogens is 1. The molecule has 0 radical (unpaired) electrons. The van der Waals surface area contributed by atoms with Crippen LogP contribution in [0.5, 0.6) is 0 Å². The minimum Gasteiger partial charge on any atom is -0.322 e. The number of carbonyl (C=O) groups excluding carboxylic acids is 1. The number of fused-ring (bicyclic) bond motifs is 1. The van der Waals surface area contributed by atoms with Crippen LogP contribution in [-0.4, -0.2) is 24.3 Å². The first-order valence-corrected chi connectivity index (χ1v) is 8.68. The molecule has 2 aromatic heterocycles. The first kappa shape index (κ1) is 15.3. The van der Waals surface area contributed by atoms with Gasteiger partial charge >= 0.3 is 0 Å². The van der Waals surface area contributed by atoms with Crippen molar-refractivity contribution in [2.75, 3.05) is 5.32 Å². The molecule has 0 unspecified atom stereocenters. The average Bonchev–Trinajstić information content (AvgIpc) is 2.92. The van der Waals surface area contributed by atoms with E-state index in [1.54, 1.807) is 0 Å². The molecule has 8 nitrogen and oxygen atoms in total. The van der Waals surface area contributed by atoms with Gasteiger partial charge in [0.2, 0.25) is 10.0 Å². The molecule has 0 aliphatic heterocycles. The van der Waals surface area contributed by atoms with Gasteiger partial charge in [0.05, 0.1) is 22.2 Å². The molecule has 10 heteroatoms. The zero-order valence-electron chi connectivity index (χ0n) is 11.4. The number of hydrogen-bond acceptors (Lipinski definition) is 6. The largest absolute Gasteiger partial charge is 0.322 e. The Morgan fingerprint density at radius 2 is 2.13 bits per heavy atom. The maximum Gasteiger partial charge on any atom is 0.260 e. The molecule has 3 rings (SSSR count). The van der Waals surface area contributed by atoms with Crippen LogP contribution in [0.2, 0.25) is 0 Å². The topological polar surface area (TPSA) is 135 Å². The number of hydrogen-bond donors (Lipinski definition) is 3. The molecule has 0 atom stereocenters. The first-order valence-electron chi connectivity index (χ1n) is 6.25. The van der Waals surface area contributed by atoms with Gasteiger partial charge in [-0.25, -0.2) is 18.5 Å². The van der Waals surface area contributed by atoms with Gasteiger partial charge in [0.1, 0.15) is 4.83 Å². The van der Waals surface area contributed by atoms with Crippen LogP contribution in [0.15, 0.2) is 45.7 Å². The zero-order chi connectivity index (χ0) is 16.6. The number of benzene rings is 1. The number of sulfonamides is 1. The highest BCUT2D eigenvalue weighted by molar-refractivity contribution is 7.89. The molecule has 2 heterocycles. The molecule has 3 aromatic rings. The quantitative estimate of drug-likeness (QED) is 0.644. The summed E-state index contributed by atoms with van der Waals surface area (Å²) >= 11 is 1.17. The lowest BCUT2D eigenvalue weighted by Crippen LogP contribution is -2.16. The molecule has 0 bridgehead atoms. The molecule has 0 aliphatic rings. The molecule has 0 spiro atoms. The Balaban J connectivity index is 1.97. The molecule has 23 heavy (non-hydrogen) atoms. The highest BCUT2D eigenvalue weighted by Crippen LogP contribution is 2.22. The number of carbonyl (C=O) groups is 1. The third kappa shape index (κ3) is 2.99. The molecule has 4 N–H and O–H groups in total. The van der Waals surface area contributed by atoms with E-state index in [2.05, 4.69) is 15.3 Å². The predicted octanol–water partition coefficient (Wildman–Crippen LogP) is 0.884. The Hall–Kier alpha value is -2.56. The summed E-state index contributed by atoms with van der Waals surface area (Å²) in [4.78, 5) is 30.9. The van der Waals surface area contributed by atoms with Crippen LogP contribution in [0.4, 0.5) is 5.69 Å². The van der Waals surface area contributed by atoms with Gasteiger partial charge in [0.15, 0.2) is 0 Å². The maximum absolute atomic E-state index is 12.3. The number of anilines is 1. The van der Waals surface area contributed by atoms with Gasteiger partial charge < -0.3 is 10.3 Å². The Kier molecular flexibility index (Phi) is 3.72. The van der Waals surface area contributed by atoms with Gasteiger partial charge in [-0.15, -0.1) is 11.3 Å². The second-order valence-electron chi connectivity index (χ2n) is 4.59. The average molecular weight is 350 g/mol. The van der Waals surface area contributed by atoms with Crippen molar-refractivity contribution in [1.82, 2.24) is 9.97 Å². The van der Waals surface area contributed by atoms with Crippen LogP contribution >= 0.6 is 11.3 Å². The van der Waals surface area contributed by atoms with Gasteiger partial charge in [-0.1, -0.05) is 6.07 Å². The minimum atomic E-state index is -3.87. The van der Waals surface area contributed by atoms with E-state index < -0.39 is 21.5 Å². The number of aromatic amines is 1. The van der Waals surface area contributed by atoms with E-state index in [-0.39, 0.29) is 21.5 Å². The third-order valence-electron chi connectivity index (χ3n) is 3.04. The van der Waals surface area contributed by atoms with E-state index >= 15 is 0 Å². The number of thiophene rings is 1. The van der Waals surface area contributed by atoms with E-state index in [0.717, 1.165) is 0 Å². The van der Waals surface area contributed by atoms with E-state index in [0.29, 0.717) is 4.83 Å². The lowest BCUT2D eigenvalue weighted by atomic mass is 10.2. The van der Waals surface area contributed by atoms with Crippen molar-refractivity contribution in [2.24, 2.45) is 5.14 Å². The number of primary sulfonamides is 1. The number of nitrogens with two attached hydrogens (primary N) is 1. The molecule has 0 saturated heterocycles. The zero-order valence-corrected chi connectivity index (χ0v) is 13.1. The van der Waals surface area contributed by atoms with Crippen molar-refractivity contribution in [1.29, 1.82) is 0 Å². The Bertz CT molecular complexity index is 1070. The lowest BCUT2D eigenvalue weighted by molar-refractivity contribution is 0.102. The van der Waals surface area contributed by atoms with Crippen LogP contribution < -0.4 is 16.0 Å². The van der Waals surface area contributed by atoms with Crippen molar-refractivity contribution < 1.29 is 13.2 Å². The molecule has 118 valence electrons. The fraction of sp³-hybridized carbons (Fsp3) is 0. The lowest BCUT2D eigenvalue weighted by Gasteiger charge is -2.06. The van der Waals surface area contributed by atoms with E-state index in [1.807, 2.05) is 0 Å². The van der Waals surface area contributed by atoms with Crippen LogP contribution in [0.3, 0.4) is 0 Å². The second kappa shape index (κ2) is 5.57. The van der Waals surface area contributed by atoms with E-state index in [4.69, 9.17) is 5.14 Å². The molecule has 0 fully saturated rings. The van der Waals surface area contributed by atoms with Crippen LogP contribution in [0.25, 0.3) is 10.2 Å². The summed E-state index contributed by atoms with van der Waals surface area (Å²) < 4.78 is 22.7. The maximum atomic E-state index is 12.3. The summed E-state index contributed by atoms with van der Waals surface area (Å²) in [5.41, 5.74) is 0.00115. The van der Waals surface area contributed by atoms with Gasteiger partial charge in [-0.2, -0.15) is 0 Å². The fourth-order valence-electron chi connectivity index (χ4n) is 2.00. The van der Waals surface area contributed by atoms with E-state index in [1.165, 1.54) is 47.3 Å². The van der Waals surface area contributed by atoms with Crippen molar-refractivity contribution in [3.8, 4) is 0 Å². The Morgan fingerprint density at radius 1 is 1.35 bits per heavy atom. The van der Waals surface area contributed by atoms with Gasteiger partial charge in [0.25, 0.3) is 11.5 Å². The highest BCUT2D eigenvalue weighted by atomic mass is 32.2. The standard InChI is InChI=1S/C13H10N4O4S2/c14-23(20,21)8-3-1-2-7(4-8)17-11(18)9-5-22-13-10(9)12(19)15-6-16-13/h1-6H,(H,17,18)(H2,14,20,21)(H,15,16,19). The fourth-order valence-corrected chi connectivity index (χ4v) is 3.45. The molecule has 0 saturated carbocycles. The molecule has 1 amide bonds. The van der Waals surface area contributed by atoms with Gasteiger partial charge in [-0.05, 0) is 18.2 Å². The predicted molar refractivity (Wildman–Crippen MR) is 86.0 cm³/mol. The molecule has 0 aliphatic carbocycles. The van der Waals surface area contributed by atoms with Crippen LogP contribution in [-0.2, 0) is 10.0 Å². The summed E-state index contributed by atoms with van der Waals surface area (Å²) in [7, 11) is -3.87. The normalized spacial score (nSPS) is 11.5. The van der Waals surface area contributed by atoms with Crippen molar-refractivity contribution in [2.45, 2.75) is 4.90 Å². The van der Waals surface area contributed by atoms with Crippen molar-refractivity contribution >= 4 is 43.2 Å². The number of rotatable bonds is 3. The summed E-state index contributed by atoms with van der Waals surface area (Å²) in [5.74, 6) is -0.540. The van der Waals surface area contributed by atoms with Crippen molar-refractivity contribution in [3.05, 3.63) is 51.9 Å². The second-order valence-corrected chi connectivity index (χ2v) is 7.01. The number of nitrogens with one attached hydrogen (secondary N) is 2. The summed E-state index contributed by atoms with van der Waals surface area (Å²) in [6.07, 6.45) is 1.26. The molecular weight excluding hydrogens is 340 g/mol. The van der Waals surface area contributed by atoms with E-state index in [9.17, 15) is 18.0 Å². The minimum absolute atomic E-state index is 0.120. The monoisotopic (exact) mass is 350 g/mol. The summed E-state index contributed by atoms with van der Waals surface area (Å²) in [6, 6.07) is 5.53. The summed E-state index contributed by atoms with van der Waals surface area (Å²) in [5, 5.41) is 9.31. The number of nitrogens with zero attached hydrogens (tertiary/aromatic N) is 1. The number of aromatic nitrogens is 2. The van der Waals surface area contributed by atoms with Crippen LogP contribution in [0, 0.1) is 0 Å².